The van der Waals surface area contributed by atoms with Crippen LogP contribution in [0.15, 0.2) is 30.5 Å². The van der Waals surface area contributed by atoms with Gasteiger partial charge in [0.05, 0.1) is 6.20 Å². The van der Waals surface area contributed by atoms with Crippen LogP contribution in [0.3, 0.4) is 0 Å². The summed E-state index contributed by atoms with van der Waals surface area (Å²) in [6.07, 6.45) is 1.71. The Morgan fingerprint density at radius 2 is 1.90 bits per heavy atom. The van der Waals surface area contributed by atoms with E-state index in [-0.39, 0.29) is 5.92 Å². The number of hydrogen-bond acceptors (Lipinski definition) is 4. The normalized spacial score (nSPS) is 11.2. The molecule has 0 aliphatic heterocycles. The molecule has 0 fully saturated rings. The lowest BCUT2D eigenvalue weighted by atomic mass is 10.0. The molecule has 4 heteroatoms. The molecule has 0 bridgehead atoms. The lowest BCUT2D eigenvalue weighted by Gasteiger charge is -2.13. The zero-order valence-corrected chi connectivity index (χ0v) is 13.1. The van der Waals surface area contributed by atoms with E-state index in [2.05, 4.69) is 43.7 Å². The number of nitrogens with two attached hydrogens (primary N) is 1. The smallest absolute Gasteiger partial charge is 0.168 e. The Kier molecular flexibility index (Phi) is 4.91. The molecule has 2 N–H and O–H groups in total. The highest BCUT2D eigenvalue weighted by Gasteiger charge is 2.11. The quantitative estimate of drug-likeness (QED) is 0.902. The Hall–Kier alpha value is -1.94. The summed E-state index contributed by atoms with van der Waals surface area (Å²) in [5, 5.41) is 0. The lowest BCUT2D eigenvalue weighted by molar-refractivity contribution is 0.466. The van der Waals surface area contributed by atoms with E-state index in [9.17, 15) is 0 Å². The predicted octanol–water partition coefficient (Wildman–Crippen LogP) is 3.97. The third-order valence-corrected chi connectivity index (χ3v) is 3.31. The first-order valence-electron chi connectivity index (χ1n) is 7.35. The third kappa shape index (κ3) is 3.79. The summed E-state index contributed by atoms with van der Waals surface area (Å²) < 4.78 is 5.92. The molecule has 1 aromatic carbocycles. The average Bonchev–Trinajstić information content (AvgIpc) is 2.47. The van der Waals surface area contributed by atoms with Crippen LogP contribution < -0.4 is 10.5 Å². The fourth-order valence-corrected chi connectivity index (χ4v) is 2.00. The number of hydrogen-bond donors (Lipinski definition) is 1. The van der Waals surface area contributed by atoms with E-state index in [1.54, 1.807) is 6.20 Å². The van der Waals surface area contributed by atoms with Crippen LogP contribution >= 0.6 is 0 Å². The van der Waals surface area contributed by atoms with Gasteiger partial charge in [-0.05, 0) is 23.6 Å². The van der Waals surface area contributed by atoms with Gasteiger partial charge in [-0.25, -0.2) is 9.97 Å². The predicted molar refractivity (Wildman–Crippen MR) is 84.6 cm³/mol. The van der Waals surface area contributed by atoms with Crippen molar-refractivity contribution in [2.75, 3.05) is 0 Å². The summed E-state index contributed by atoms with van der Waals surface area (Å²) in [6.45, 7) is 8.77. The summed E-state index contributed by atoms with van der Waals surface area (Å²) in [7, 11) is 0. The molecule has 2 aromatic rings. The molecule has 1 heterocycles. The fourth-order valence-electron chi connectivity index (χ4n) is 2.00. The molecule has 0 saturated carbocycles. The molecule has 0 amide bonds. The molecule has 2 rings (SSSR count). The monoisotopic (exact) mass is 285 g/mol. The van der Waals surface area contributed by atoms with E-state index in [0.717, 1.165) is 17.3 Å². The van der Waals surface area contributed by atoms with Gasteiger partial charge < -0.3 is 10.5 Å². The molecule has 0 aliphatic rings. The second-order valence-corrected chi connectivity index (χ2v) is 5.73. The van der Waals surface area contributed by atoms with Crippen molar-refractivity contribution in [3.63, 3.8) is 0 Å². The minimum atomic E-state index is 0.272. The first kappa shape index (κ1) is 15.4. The van der Waals surface area contributed by atoms with Gasteiger partial charge in [0.2, 0.25) is 0 Å². The van der Waals surface area contributed by atoms with Crippen LogP contribution in [-0.4, -0.2) is 9.97 Å². The number of ether oxygens (including phenoxy) is 1. The molecule has 0 unspecified atom stereocenters. The van der Waals surface area contributed by atoms with Gasteiger partial charge in [-0.2, -0.15) is 0 Å². The second-order valence-electron chi connectivity index (χ2n) is 5.73. The van der Waals surface area contributed by atoms with Crippen molar-refractivity contribution in [1.29, 1.82) is 0 Å². The molecule has 0 atom stereocenters. The number of aromatic nitrogens is 2. The van der Waals surface area contributed by atoms with Crippen molar-refractivity contribution in [2.24, 2.45) is 5.73 Å². The van der Waals surface area contributed by atoms with Crippen LogP contribution in [0.5, 0.6) is 11.5 Å². The van der Waals surface area contributed by atoms with Crippen LogP contribution in [0.2, 0.25) is 0 Å². The molecule has 0 radical (unpaired) electrons. The van der Waals surface area contributed by atoms with Crippen LogP contribution in [0.1, 0.15) is 56.6 Å². The van der Waals surface area contributed by atoms with Gasteiger partial charge in [0, 0.05) is 12.5 Å². The summed E-state index contributed by atoms with van der Waals surface area (Å²) in [6, 6.07) is 8.07. The molecule has 0 aliphatic carbocycles. The minimum Gasteiger partial charge on any atom is -0.454 e. The summed E-state index contributed by atoms with van der Waals surface area (Å²) in [5.41, 5.74) is 7.76. The molecular weight excluding hydrogens is 262 g/mol. The summed E-state index contributed by atoms with van der Waals surface area (Å²) >= 11 is 0. The van der Waals surface area contributed by atoms with E-state index in [4.69, 9.17) is 10.5 Å². The number of nitrogens with zero attached hydrogens (tertiary/aromatic N) is 2. The Morgan fingerprint density at radius 3 is 2.52 bits per heavy atom. The first-order valence-corrected chi connectivity index (χ1v) is 7.35. The van der Waals surface area contributed by atoms with Gasteiger partial charge in [-0.3, -0.25) is 0 Å². The van der Waals surface area contributed by atoms with Gasteiger partial charge >= 0.3 is 0 Å². The standard InChI is InChI=1S/C17H23N3O/c1-11(2)13-6-5-7-14(8-13)21-16-10-19-17(12(3)4)20-15(16)9-18/h5-8,10-12H,9,18H2,1-4H3. The molecule has 0 spiro atoms. The van der Waals surface area contributed by atoms with E-state index < -0.39 is 0 Å². The Labute approximate surface area is 126 Å². The van der Waals surface area contributed by atoms with Gasteiger partial charge in [0.25, 0.3) is 0 Å². The van der Waals surface area contributed by atoms with Crippen LogP contribution in [0.4, 0.5) is 0 Å². The third-order valence-electron chi connectivity index (χ3n) is 3.31. The van der Waals surface area contributed by atoms with Crippen molar-refractivity contribution in [2.45, 2.75) is 46.1 Å². The lowest BCUT2D eigenvalue weighted by Crippen LogP contribution is -2.07. The fraction of sp³-hybridized carbons (Fsp3) is 0.412. The highest BCUT2D eigenvalue weighted by atomic mass is 16.5. The molecule has 21 heavy (non-hydrogen) atoms. The summed E-state index contributed by atoms with van der Waals surface area (Å²) in [5.74, 6) is 2.94. The Morgan fingerprint density at radius 1 is 1.14 bits per heavy atom. The highest BCUT2D eigenvalue weighted by Crippen LogP contribution is 2.27. The maximum Gasteiger partial charge on any atom is 0.168 e. The van der Waals surface area contributed by atoms with Crippen LogP contribution in [0, 0.1) is 0 Å². The molecular formula is C17H23N3O. The van der Waals surface area contributed by atoms with Gasteiger partial charge in [0.1, 0.15) is 17.3 Å². The zero-order chi connectivity index (χ0) is 15.4. The van der Waals surface area contributed by atoms with E-state index in [1.165, 1.54) is 5.56 Å². The van der Waals surface area contributed by atoms with Gasteiger partial charge in [-0.15, -0.1) is 0 Å². The SMILES string of the molecule is CC(C)c1cccc(Oc2cnc(C(C)C)nc2CN)c1. The van der Waals surface area contributed by atoms with Crippen LogP contribution in [-0.2, 0) is 6.54 Å². The molecule has 4 nitrogen and oxygen atoms in total. The second kappa shape index (κ2) is 6.68. The molecule has 0 saturated heterocycles. The Balaban J connectivity index is 2.28. The van der Waals surface area contributed by atoms with Crippen molar-refractivity contribution < 1.29 is 4.74 Å². The minimum absolute atomic E-state index is 0.272. The van der Waals surface area contributed by atoms with Crippen molar-refractivity contribution in [1.82, 2.24) is 9.97 Å². The van der Waals surface area contributed by atoms with Gasteiger partial charge in [-0.1, -0.05) is 39.8 Å². The number of benzene rings is 1. The van der Waals surface area contributed by atoms with Crippen molar-refractivity contribution in [3.8, 4) is 11.5 Å². The summed E-state index contributed by atoms with van der Waals surface area (Å²) in [4.78, 5) is 8.83. The van der Waals surface area contributed by atoms with Crippen molar-refractivity contribution in [3.05, 3.63) is 47.5 Å². The first-order chi connectivity index (χ1) is 10.0. The van der Waals surface area contributed by atoms with E-state index >= 15 is 0 Å². The maximum absolute atomic E-state index is 5.92. The van der Waals surface area contributed by atoms with E-state index in [0.29, 0.717) is 18.2 Å². The topological polar surface area (TPSA) is 61.0 Å². The van der Waals surface area contributed by atoms with Gasteiger partial charge in [0.15, 0.2) is 5.75 Å². The van der Waals surface area contributed by atoms with E-state index in [1.807, 2.05) is 18.2 Å². The number of rotatable bonds is 5. The largest absolute Gasteiger partial charge is 0.454 e. The molecule has 112 valence electrons. The average molecular weight is 285 g/mol. The molecule has 1 aromatic heterocycles. The Bertz CT molecular complexity index is 609. The zero-order valence-electron chi connectivity index (χ0n) is 13.1. The maximum atomic E-state index is 5.92. The highest BCUT2D eigenvalue weighted by molar-refractivity contribution is 5.36. The van der Waals surface area contributed by atoms with Crippen molar-refractivity contribution >= 4 is 0 Å². The van der Waals surface area contributed by atoms with Crippen LogP contribution in [0.25, 0.3) is 0 Å².